The first-order chi connectivity index (χ1) is 16.1. The number of rotatable bonds is 4. The predicted molar refractivity (Wildman–Crippen MR) is 126 cm³/mol. The van der Waals surface area contributed by atoms with E-state index in [0.29, 0.717) is 35.2 Å². The molecule has 2 aromatic rings. The van der Waals surface area contributed by atoms with Crippen LogP contribution >= 0.6 is 11.6 Å². The summed E-state index contributed by atoms with van der Waals surface area (Å²) in [6.07, 6.45) is 4.20. The second-order valence-electron chi connectivity index (χ2n) is 8.96. The van der Waals surface area contributed by atoms with Crippen LogP contribution in [-0.2, 0) is 4.79 Å². The monoisotopic (exact) mass is 468 g/mol. The predicted octanol–water partition coefficient (Wildman–Crippen LogP) is 3.45. The molecule has 5 rings (SSSR count). The fraction of sp³-hybridized carbons (Fsp3) is 0.440. The van der Waals surface area contributed by atoms with Crippen LogP contribution in [0.1, 0.15) is 36.0 Å². The van der Waals surface area contributed by atoms with Gasteiger partial charge in [-0.2, -0.15) is 0 Å². The Morgan fingerprint density at radius 2 is 1.70 bits per heavy atom. The van der Waals surface area contributed by atoms with E-state index >= 15 is 0 Å². The SMILES string of the molecule is O=C1NC(N2CCN(C(=O)c3ccc(Oc4ccccc4Cl)cc3)CC2)NC2CCCCC12. The molecular formula is C25H29ClN4O3. The first kappa shape index (κ1) is 22.2. The van der Waals surface area contributed by atoms with Gasteiger partial charge in [0.1, 0.15) is 17.8 Å². The lowest BCUT2D eigenvalue weighted by atomic mass is 9.82. The fourth-order valence-electron chi connectivity index (χ4n) is 5.01. The lowest BCUT2D eigenvalue weighted by molar-refractivity contribution is -0.134. The molecule has 2 aromatic carbocycles. The number of nitrogens with one attached hydrogen (secondary N) is 2. The first-order valence-electron chi connectivity index (χ1n) is 11.7. The minimum absolute atomic E-state index is 0.00641. The number of hydrogen-bond acceptors (Lipinski definition) is 5. The molecule has 0 aromatic heterocycles. The quantitative estimate of drug-likeness (QED) is 0.719. The molecule has 3 unspecified atom stereocenters. The average molecular weight is 469 g/mol. The third-order valence-electron chi connectivity index (χ3n) is 6.89. The Hall–Kier alpha value is -2.61. The summed E-state index contributed by atoms with van der Waals surface area (Å²) in [5.74, 6) is 1.48. The molecular weight excluding hydrogens is 440 g/mol. The molecule has 2 aliphatic heterocycles. The minimum Gasteiger partial charge on any atom is -0.456 e. The van der Waals surface area contributed by atoms with Crippen molar-refractivity contribution in [3.05, 3.63) is 59.1 Å². The summed E-state index contributed by atoms with van der Waals surface area (Å²) in [5.41, 5.74) is 0.629. The van der Waals surface area contributed by atoms with Crippen molar-refractivity contribution in [3.8, 4) is 11.5 Å². The second kappa shape index (κ2) is 9.71. The molecule has 0 radical (unpaired) electrons. The number of fused-ring (bicyclic) bond motifs is 1. The van der Waals surface area contributed by atoms with E-state index in [1.165, 1.54) is 6.42 Å². The Balaban J connectivity index is 1.15. The summed E-state index contributed by atoms with van der Waals surface area (Å²) in [4.78, 5) is 29.6. The lowest BCUT2D eigenvalue weighted by Crippen LogP contribution is -2.69. The van der Waals surface area contributed by atoms with Crippen LogP contribution in [0.5, 0.6) is 11.5 Å². The molecule has 0 bridgehead atoms. The van der Waals surface area contributed by atoms with E-state index in [2.05, 4.69) is 15.5 Å². The summed E-state index contributed by atoms with van der Waals surface area (Å²) in [7, 11) is 0. The largest absolute Gasteiger partial charge is 0.456 e. The van der Waals surface area contributed by atoms with Crippen molar-refractivity contribution in [1.29, 1.82) is 0 Å². The summed E-state index contributed by atoms with van der Waals surface area (Å²) < 4.78 is 5.81. The topological polar surface area (TPSA) is 73.9 Å². The van der Waals surface area contributed by atoms with Crippen molar-refractivity contribution in [3.63, 3.8) is 0 Å². The maximum Gasteiger partial charge on any atom is 0.253 e. The average Bonchev–Trinajstić information content (AvgIpc) is 2.85. The van der Waals surface area contributed by atoms with Gasteiger partial charge in [0.2, 0.25) is 5.91 Å². The van der Waals surface area contributed by atoms with E-state index in [9.17, 15) is 9.59 Å². The van der Waals surface area contributed by atoms with Crippen LogP contribution < -0.4 is 15.4 Å². The molecule has 0 spiro atoms. The van der Waals surface area contributed by atoms with Crippen LogP contribution in [0.4, 0.5) is 0 Å². The van der Waals surface area contributed by atoms with Crippen molar-refractivity contribution >= 4 is 23.4 Å². The number of halogens is 1. The van der Waals surface area contributed by atoms with Crippen LogP contribution in [0.2, 0.25) is 5.02 Å². The van der Waals surface area contributed by atoms with Crippen LogP contribution in [0.25, 0.3) is 0 Å². The second-order valence-corrected chi connectivity index (χ2v) is 9.37. The highest BCUT2D eigenvalue weighted by Crippen LogP contribution is 2.29. The normalized spacial score (nSPS) is 25.8. The maximum absolute atomic E-state index is 13.0. The van der Waals surface area contributed by atoms with Gasteiger partial charge in [0.05, 0.1) is 10.9 Å². The number of piperazine rings is 1. The zero-order valence-electron chi connectivity index (χ0n) is 18.5. The summed E-state index contributed by atoms with van der Waals surface area (Å²) >= 11 is 6.15. The summed E-state index contributed by atoms with van der Waals surface area (Å²) in [6.45, 7) is 2.68. The third-order valence-corrected chi connectivity index (χ3v) is 7.20. The van der Waals surface area contributed by atoms with Crippen LogP contribution in [0.15, 0.2) is 48.5 Å². The van der Waals surface area contributed by atoms with Crippen LogP contribution in [0, 0.1) is 5.92 Å². The number of benzene rings is 2. The van der Waals surface area contributed by atoms with Gasteiger partial charge in [0.25, 0.3) is 5.91 Å². The Bertz CT molecular complexity index is 1010. The zero-order valence-corrected chi connectivity index (χ0v) is 19.3. The van der Waals surface area contributed by atoms with Gasteiger partial charge in [-0.3, -0.25) is 19.8 Å². The molecule has 3 aliphatic rings. The van der Waals surface area contributed by atoms with Gasteiger partial charge in [-0.1, -0.05) is 36.6 Å². The van der Waals surface area contributed by atoms with E-state index < -0.39 is 0 Å². The van der Waals surface area contributed by atoms with E-state index in [1.54, 1.807) is 36.4 Å². The Labute approximate surface area is 199 Å². The van der Waals surface area contributed by atoms with Crippen molar-refractivity contribution in [2.75, 3.05) is 26.2 Å². The lowest BCUT2D eigenvalue weighted by Gasteiger charge is -2.46. The van der Waals surface area contributed by atoms with Crippen molar-refractivity contribution in [2.24, 2.45) is 5.92 Å². The smallest absolute Gasteiger partial charge is 0.253 e. The van der Waals surface area contributed by atoms with E-state index in [1.807, 2.05) is 17.0 Å². The maximum atomic E-state index is 13.0. The van der Waals surface area contributed by atoms with Gasteiger partial charge < -0.3 is 15.0 Å². The van der Waals surface area contributed by atoms with Gasteiger partial charge >= 0.3 is 0 Å². The molecule has 2 heterocycles. The highest BCUT2D eigenvalue weighted by atomic mass is 35.5. The number of hydrogen-bond donors (Lipinski definition) is 2. The van der Waals surface area contributed by atoms with Crippen molar-refractivity contribution in [2.45, 2.75) is 38.0 Å². The number of amides is 2. The summed E-state index contributed by atoms with van der Waals surface area (Å²) in [6, 6.07) is 14.7. The van der Waals surface area contributed by atoms with E-state index in [-0.39, 0.29) is 30.1 Å². The molecule has 1 saturated carbocycles. The minimum atomic E-state index is -0.143. The first-order valence-corrected chi connectivity index (χ1v) is 12.1. The Kier molecular flexibility index (Phi) is 6.53. The zero-order chi connectivity index (χ0) is 22.8. The number of carbonyl (C=O) groups is 2. The molecule has 3 atom stereocenters. The number of nitrogens with zero attached hydrogens (tertiary/aromatic N) is 2. The van der Waals surface area contributed by atoms with E-state index in [0.717, 1.165) is 32.4 Å². The van der Waals surface area contributed by atoms with Crippen LogP contribution in [0.3, 0.4) is 0 Å². The molecule has 7 nitrogen and oxygen atoms in total. The Morgan fingerprint density at radius 3 is 2.45 bits per heavy atom. The summed E-state index contributed by atoms with van der Waals surface area (Å²) in [5, 5.41) is 7.31. The van der Waals surface area contributed by atoms with Gasteiger partial charge in [-0.15, -0.1) is 0 Å². The standard InChI is InChI=1S/C25H29ClN4O3/c26-20-6-2-4-8-22(20)33-18-11-9-17(10-12-18)24(32)29-13-15-30(16-14-29)25-27-21-7-3-1-5-19(21)23(31)28-25/h2,4,6,8-12,19,21,25,27H,1,3,5,7,13-16H2,(H,28,31). The highest BCUT2D eigenvalue weighted by molar-refractivity contribution is 6.32. The molecule has 174 valence electrons. The van der Waals surface area contributed by atoms with Gasteiger partial charge in [-0.05, 0) is 49.2 Å². The molecule has 2 N–H and O–H groups in total. The van der Waals surface area contributed by atoms with Crippen molar-refractivity contribution in [1.82, 2.24) is 20.4 Å². The van der Waals surface area contributed by atoms with Gasteiger partial charge in [0.15, 0.2) is 0 Å². The van der Waals surface area contributed by atoms with Gasteiger partial charge in [0, 0.05) is 37.8 Å². The fourth-order valence-corrected chi connectivity index (χ4v) is 5.19. The van der Waals surface area contributed by atoms with Gasteiger partial charge in [-0.25, -0.2) is 0 Å². The number of ether oxygens (including phenoxy) is 1. The Morgan fingerprint density at radius 1 is 0.970 bits per heavy atom. The highest BCUT2D eigenvalue weighted by Gasteiger charge is 2.39. The molecule has 8 heteroatoms. The number of carbonyl (C=O) groups excluding carboxylic acids is 2. The van der Waals surface area contributed by atoms with Crippen LogP contribution in [-0.4, -0.2) is 60.1 Å². The van der Waals surface area contributed by atoms with E-state index in [4.69, 9.17) is 16.3 Å². The number of para-hydroxylation sites is 1. The van der Waals surface area contributed by atoms with Crippen molar-refractivity contribution < 1.29 is 14.3 Å². The molecule has 33 heavy (non-hydrogen) atoms. The molecule has 2 amide bonds. The molecule has 3 fully saturated rings. The third kappa shape index (κ3) is 4.86. The molecule has 1 aliphatic carbocycles. The molecule has 2 saturated heterocycles.